The van der Waals surface area contributed by atoms with Gasteiger partial charge in [0.2, 0.25) is 0 Å². The number of rotatable bonds is 5. The van der Waals surface area contributed by atoms with Crippen LogP contribution in [-0.4, -0.2) is 39.0 Å². The van der Waals surface area contributed by atoms with Crippen molar-refractivity contribution in [3.63, 3.8) is 0 Å². The number of hydrogen-bond acceptors (Lipinski definition) is 4. The topological polar surface area (TPSA) is 66.3 Å². The van der Waals surface area contributed by atoms with Crippen molar-refractivity contribution in [3.05, 3.63) is 59.7 Å². The minimum Gasteiger partial charge on any atom is -0.481 e. The molecule has 0 amide bonds. The monoisotopic (exact) mass is 325 g/mol. The van der Waals surface area contributed by atoms with Gasteiger partial charge in [0.05, 0.1) is 17.7 Å². The highest BCUT2D eigenvalue weighted by atomic mass is 16.4. The van der Waals surface area contributed by atoms with Crippen LogP contribution in [0.3, 0.4) is 0 Å². The van der Waals surface area contributed by atoms with Crippen LogP contribution in [-0.2, 0) is 11.2 Å². The zero-order chi connectivity index (χ0) is 16.9. The first-order valence-corrected chi connectivity index (χ1v) is 8.44. The number of carbonyl (C=O) groups is 1. The van der Waals surface area contributed by atoms with Gasteiger partial charge in [0.1, 0.15) is 0 Å². The van der Waals surface area contributed by atoms with E-state index in [4.69, 9.17) is 4.98 Å². The molecule has 2 aromatic heterocycles. The maximum Gasteiger partial charge on any atom is 0.306 e. The Balaban J connectivity index is 1.81. The summed E-state index contributed by atoms with van der Waals surface area (Å²) in [5.41, 5.74) is 3.07. The number of likely N-dealkylation sites (tertiary alicyclic amines) is 1. The minimum absolute atomic E-state index is 0.134. The van der Waals surface area contributed by atoms with E-state index in [1.54, 1.807) is 0 Å². The number of aliphatic carboxylic acids is 1. The van der Waals surface area contributed by atoms with Gasteiger partial charge in [-0.15, -0.1) is 0 Å². The molecule has 1 aliphatic heterocycles. The van der Waals surface area contributed by atoms with Crippen molar-refractivity contribution < 1.29 is 9.90 Å². The number of carboxylic acid groups (broad SMARTS) is 1. The van der Waals surface area contributed by atoms with E-state index < -0.39 is 5.97 Å². The zero-order valence-corrected chi connectivity index (χ0v) is 13.9. The number of hydrogen-bond donors (Lipinski definition) is 1. The highest BCUT2D eigenvalue weighted by Gasteiger charge is 2.30. The Morgan fingerprint density at radius 1 is 1.25 bits per heavy atom. The van der Waals surface area contributed by atoms with Crippen LogP contribution in [0.2, 0.25) is 0 Å². The summed E-state index contributed by atoms with van der Waals surface area (Å²) >= 11 is 0. The predicted octanol–water partition coefficient (Wildman–Crippen LogP) is 2.87. The molecule has 2 aromatic rings. The van der Waals surface area contributed by atoms with Gasteiger partial charge in [-0.1, -0.05) is 12.1 Å². The maximum atomic E-state index is 11.2. The molecule has 0 radical (unpaired) electrons. The lowest BCUT2D eigenvalue weighted by Gasteiger charge is -2.36. The van der Waals surface area contributed by atoms with Crippen LogP contribution in [0.15, 0.2) is 42.6 Å². The van der Waals surface area contributed by atoms with E-state index >= 15 is 0 Å². The first kappa shape index (κ1) is 16.6. The molecule has 1 unspecified atom stereocenters. The predicted molar refractivity (Wildman–Crippen MR) is 91.6 cm³/mol. The second-order valence-electron chi connectivity index (χ2n) is 6.39. The van der Waals surface area contributed by atoms with Crippen LogP contribution in [0.5, 0.6) is 0 Å². The van der Waals surface area contributed by atoms with Gasteiger partial charge in [-0.2, -0.15) is 0 Å². The molecule has 3 heterocycles. The average Bonchev–Trinajstić information content (AvgIpc) is 2.61. The van der Waals surface area contributed by atoms with Crippen LogP contribution < -0.4 is 0 Å². The quantitative estimate of drug-likeness (QED) is 0.915. The number of aromatic nitrogens is 2. The Morgan fingerprint density at radius 3 is 2.67 bits per heavy atom. The Labute approximate surface area is 142 Å². The second-order valence-corrected chi connectivity index (χ2v) is 6.39. The largest absolute Gasteiger partial charge is 0.481 e. The molecule has 1 atom stereocenters. The highest BCUT2D eigenvalue weighted by molar-refractivity contribution is 5.70. The van der Waals surface area contributed by atoms with Crippen molar-refractivity contribution in [1.82, 2.24) is 14.9 Å². The summed E-state index contributed by atoms with van der Waals surface area (Å²) in [6, 6.07) is 12.2. The molecule has 5 heteroatoms. The lowest BCUT2D eigenvalue weighted by Crippen LogP contribution is -2.40. The normalized spacial score (nSPS) is 17.5. The Bertz CT molecular complexity index is 682. The van der Waals surface area contributed by atoms with Gasteiger partial charge in [0, 0.05) is 24.0 Å². The van der Waals surface area contributed by atoms with Crippen LogP contribution in [0.1, 0.15) is 36.0 Å². The minimum atomic E-state index is -0.676. The van der Waals surface area contributed by atoms with Crippen molar-refractivity contribution in [2.75, 3.05) is 13.1 Å². The van der Waals surface area contributed by atoms with Crippen molar-refractivity contribution in [1.29, 1.82) is 0 Å². The van der Waals surface area contributed by atoms with E-state index in [9.17, 15) is 9.90 Å². The number of piperidine rings is 1. The Morgan fingerprint density at radius 2 is 2.04 bits per heavy atom. The fourth-order valence-corrected chi connectivity index (χ4v) is 3.35. The smallest absolute Gasteiger partial charge is 0.306 e. The first-order valence-electron chi connectivity index (χ1n) is 8.44. The second kappa shape index (κ2) is 7.53. The standard InChI is InChI=1S/C19H23N3O2/c1-14-5-4-7-17(21-14)18(13-16-6-2-3-10-20-16)22-11-8-15(9-12-22)19(23)24/h2-7,10,15,18H,8-9,11-13H2,1H3,(H,23,24). The van der Waals surface area contributed by atoms with Gasteiger partial charge in [-0.25, -0.2) is 0 Å². The molecule has 0 bridgehead atoms. The fourth-order valence-electron chi connectivity index (χ4n) is 3.35. The molecule has 1 saturated heterocycles. The summed E-state index contributed by atoms with van der Waals surface area (Å²) in [7, 11) is 0. The number of aryl methyl sites for hydroxylation is 1. The Kier molecular flexibility index (Phi) is 5.20. The van der Waals surface area contributed by atoms with Crippen LogP contribution in [0, 0.1) is 12.8 Å². The molecule has 0 saturated carbocycles. The number of nitrogens with zero attached hydrogens (tertiary/aromatic N) is 3. The lowest BCUT2D eigenvalue weighted by molar-refractivity contribution is -0.143. The molecule has 5 nitrogen and oxygen atoms in total. The summed E-state index contributed by atoms with van der Waals surface area (Å²) in [4.78, 5) is 22.7. The highest BCUT2D eigenvalue weighted by Crippen LogP contribution is 2.28. The summed E-state index contributed by atoms with van der Waals surface area (Å²) in [5.74, 6) is -0.896. The van der Waals surface area contributed by atoms with Gasteiger partial charge in [-0.05, 0) is 57.1 Å². The van der Waals surface area contributed by atoms with E-state index in [2.05, 4.69) is 16.0 Å². The molecular weight excluding hydrogens is 302 g/mol. The SMILES string of the molecule is Cc1cccc(C(Cc2ccccn2)N2CCC(C(=O)O)CC2)n1. The molecular formula is C19H23N3O2. The van der Waals surface area contributed by atoms with Crippen molar-refractivity contribution in [2.24, 2.45) is 5.92 Å². The molecule has 3 rings (SSSR count). The third-order valence-electron chi connectivity index (χ3n) is 4.70. The summed E-state index contributed by atoms with van der Waals surface area (Å²) < 4.78 is 0. The molecule has 0 spiro atoms. The van der Waals surface area contributed by atoms with Gasteiger partial charge in [0.15, 0.2) is 0 Å². The molecule has 24 heavy (non-hydrogen) atoms. The maximum absolute atomic E-state index is 11.2. The van der Waals surface area contributed by atoms with E-state index in [1.807, 2.05) is 43.5 Å². The molecule has 1 aliphatic rings. The molecule has 0 aromatic carbocycles. The fraction of sp³-hybridized carbons (Fsp3) is 0.421. The van der Waals surface area contributed by atoms with Crippen LogP contribution in [0.25, 0.3) is 0 Å². The number of pyridine rings is 2. The third-order valence-corrected chi connectivity index (χ3v) is 4.70. The molecule has 1 fully saturated rings. The average molecular weight is 325 g/mol. The van der Waals surface area contributed by atoms with E-state index in [-0.39, 0.29) is 12.0 Å². The van der Waals surface area contributed by atoms with E-state index in [0.29, 0.717) is 12.8 Å². The summed E-state index contributed by atoms with van der Waals surface area (Å²) in [6.07, 6.45) is 3.99. The lowest BCUT2D eigenvalue weighted by atomic mass is 9.94. The Hall–Kier alpha value is -2.27. The van der Waals surface area contributed by atoms with Gasteiger partial charge in [-0.3, -0.25) is 19.7 Å². The van der Waals surface area contributed by atoms with E-state index in [1.165, 1.54) is 0 Å². The molecule has 1 N–H and O–H groups in total. The van der Waals surface area contributed by atoms with Crippen molar-refractivity contribution in [2.45, 2.75) is 32.2 Å². The van der Waals surface area contributed by atoms with Gasteiger partial charge in [0.25, 0.3) is 0 Å². The van der Waals surface area contributed by atoms with Crippen LogP contribution in [0.4, 0.5) is 0 Å². The molecule has 126 valence electrons. The first-order chi connectivity index (χ1) is 11.6. The summed E-state index contributed by atoms with van der Waals surface area (Å²) in [5, 5.41) is 9.21. The summed E-state index contributed by atoms with van der Waals surface area (Å²) in [6.45, 7) is 3.56. The van der Waals surface area contributed by atoms with Crippen molar-refractivity contribution >= 4 is 5.97 Å². The van der Waals surface area contributed by atoms with Crippen LogP contribution >= 0.6 is 0 Å². The zero-order valence-electron chi connectivity index (χ0n) is 13.9. The van der Waals surface area contributed by atoms with Crippen molar-refractivity contribution in [3.8, 4) is 0 Å². The van der Waals surface area contributed by atoms with Gasteiger partial charge >= 0.3 is 5.97 Å². The number of carboxylic acids is 1. The molecule has 0 aliphatic carbocycles. The van der Waals surface area contributed by atoms with E-state index in [0.717, 1.165) is 36.6 Å². The third kappa shape index (κ3) is 3.97. The van der Waals surface area contributed by atoms with Gasteiger partial charge < -0.3 is 5.11 Å².